The lowest BCUT2D eigenvalue weighted by Gasteiger charge is -2.33. The van der Waals surface area contributed by atoms with Crippen LogP contribution in [0.25, 0.3) is 6.08 Å². The van der Waals surface area contributed by atoms with Gasteiger partial charge in [0, 0.05) is 25.1 Å². The summed E-state index contributed by atoms with van der Waals surface area (Å²) in [6.45, 7) is 2.77. The van der Waals surface area contributed by atoms with Gasteiger partial charge in [-0.2, -0.15) is 0 Å². The molecule has 7 nitrogen and oxygen atoms in total. The molecule has 148 valence electrons. The van der Waals surface area contributed by atoms with E-state index in [0.717, 1.165) is 18.4 Å². The quantitative estimate of drug-likeness (QED) is 0.709. The van der Waals surface area contributed by atoms with Crippen LogP contribution in [0.15, 0.2) is 18.2 Å². The van der Waals surface area contributed by atoms with Crippen molar-refractivity contribution >= 4 is 12.0 Å². The maximum atomic E-state index is 12.5. The van der Waals surface area contributed by atoms with Crippen molar-refractivity contribution in [1.29, 1.82) is 0 Å². The number of benzene rings is 1. The SMILES string of the molecule is COc1cc(/C=C/C(=O)N2CCC(C3OCCO3)CC2)cc(OC)c1OC. The third-order valence-electron chi connectivity index (χ3n) is 4.99. The van der Waals surface area contributed by atoms with Gasteiger partial charge in [0.25, 0.3) is 0 Å². The van der Waals surface area contributed by atoms with E-state index in [2.05, 4.69) is 0 Å². The molecule has 2 aliphatic heterocycles. The van der Waals surface area contributed by atoms with Gasteiger partial charge in [-0.05, 0) is 36.6 Å². The number of carbonyl (C=O) groups excluding carboxylic acids is 1. The zero-order valence-corrected chi connectivity index (χ0v) is 16.1. The first kappa shape index (κ1) is 19.5. The first-order valence-electron chi connectivity index (χ1n) is 9.16. The molecule has 0 bridgehead atoms. The summed E-state index contributed by atoms with van der Waals surface area (Å²) in [5.41, 5.74) is 0.806. The standard InChI is InChI=1S/C20H27NO6/c1-23-16-12-14(13-17(24-2)19(16)25-3)4-5-18(22)21-8-6-15(7-9-21)20-26-10-11-27-20/h4-5,12-13,15,20H,6-11H2,1-3H3/b5-4+. The van der Waals surface area contributed by atoms with Crippen molar-refractivity contribution in [2.75, 3.05) is 47.6 Å². The Morgan fingerprint density at radius 2 is 1.63 bits per heavy atom. The van der Waals surface area contributed by atoms with Crippen LogP contribution in [0.5, 0.6) is 17.2 Å². The van der Waals surface area contributed by atoms with Gasteiger partial charge in [-0.3, -0.25) is 4.79 Å². The van der Waals surface area contributed by atoms with Crippen LogP contribution in [0, 0.1) is 5.92 Å². The van der Waals surface area contributed by atoms with E-state index in [1.165, 1.54) is 0 Å². The molecule has 0 aromatic heterocycles. The molecule has 7 heteroatoms. The Balaban J connectivity index is 1.61. The maximum absolute atomic E-state index is 12.5. The van der Waals surface area contributed by atoms with Crippen LogP contribution >= 0.6 is 0 Å². The van der Waals surface area contributed by atoms with Crippen LogP contribution in [0.1, 0.15) is 18.4 Å². The number of amides is 1. The Hall–Kier alpha value is -2.25. The second kappa shape index (κ2) is 9.10. The summed E-state index contributed by atoms with van der Waals surface area (Å²) in [5.74, 6) is 2.01. The van der Waals surface area contributed by atoms with E-state index < -0.39 is 0 Å². The summed E-state index contributed by atoms with van der Waals surface area (Å²) in [7, 11) is 4.69. The van der Waals surface area contributed by atoms with Crippen LogP contribution in [0.4, 0.5) is 0 Å². The molecular weight excluding hydrogens is 350 g/mol. The Bertz CT molecular complexity index is 650. The summed E-state index contributed by atoms with van der Waals surface area (Å²) in [6.07, 6.45) is 5.05. The molecule has 1 aromatic carbocycles. The van der Waals surface area contributed by atoms with E-state index in [-0.39, 0.29) is 12.2 Å². The fraction of sp³-hybridized carbons (Fsp3) is 0.550. The highest BCUT2D eigenvalue weighted by atomic mass is 16.7. The Morgan fingerprint density at radius 3 is 2.15 bits per heavy atom. The minimum absolute atomic E-state index is 0.00420. The van der Waals surface area contributed by atoms with Crippen LogP contribution in [-0.2, 0) is 14.3 Å². The molecule has 2 heterocycles. The smallest absolute Gasteiger partial charge is 0.246 e. The van der Waals surface area contributed by atoms with Crippen LogP contribution in [-0.4, -0.2) is 64.7 Å². The second-order valence-electron chi connectivity index (χ2n) is 6.56. The Labute approximate surface area is 159 Å². The molecule has 2 aliphatic rings. The summed E-state index contributed by atoms with van der Waals surface area (Å²) in [5, 5.41) is 0. The number of methoxy groups -OCH3 is 3. The first-order valence-corrected chi connectivity index (χ1v) is 9.16. The van der Waals surface area contributed by atoms with Crippen molar-refractivity contribution in [2.24, 2.45) is 5.92 Å². The lowest BCUT2D eigenvalue weighted by molar-refractivity contribution is -0.131. The number of likely N-dealkylation sites (tertiary alicyclic amines) is 1. The van der Waals surface area contributed by atoms with Crippen molar-refractivity contribution < 1.29 is 28.5 Å². The maximum Gasteiger partial charge on any atom is 0.246 e. The fourth-order valence-electron chi connectivity index (χ4n) is 3.51. The third kappa shape index (κ3) is 4.54. The highest BCUT2D eigenvalue weighted by Gasteiger charge is 2.31. The number of piperidine rings is 1. The van der Waals surface area contributed by atoms with E-state index in [4.69, 9.17) is 23.7 Å². The summed E-state index contributed by atoms with van der Waals surface area (Å²) >= 11 is 0. The normalized spacial score (nSPS) is 18.9. The van der Waals surface area contributed by atoms with Crippen molar-refractivity contribution in [1.82, 2.24) is 4.90 Å². The molecule has 1 amide bonds. The van der Waals surface area contributed by atoms with Gasteiger partial charge in [0.05, 0.1) is 34.5 Å². The largest absolute Gasteiger partial charge is 0.493 e. The van der Waals surface area contributed by atoms with Gasteiger partial charge in [-0.1, -0.05) is 0 Å². The van der Waals surface area contributed by atoms with Crippen molar-refractivity contribution in [3.8, 4) is 17.2 Å². The molecule has 0 aliphatic carbocycles. The summed E-state index contributed by atoms with van der Waals surface area (Å²) in [4.78, 5) is 14.4. The highest BCUT2D eigenvalue weighted by molar-refractivity contribution is 5.92. The average Bonchev–Trinajstić information content (AvgIpc) is 3.26. The topological polar surface area (TPSA) is 66.5 Å². The van der Waals surface area contributed by atoms with Gasteiger partial charge >= 0.3 is 0 Å². The van der Waals surface area contributed by atoms with Gasteiger partial charge in [0.2, 0.25) is 11.7 Å². The molecular formula is C20H27NO6. The predicted octanol–water partition coefficient (Wildman–Crippen LogP) is 2.34. The van der Waals surface area contributed by atoms with Gasteiger partial charge in [0.15, 0.2) is 17.8 Å². The minimum Gasteiger partial charge on any atom is -0.493 e. The molecule has 1 aromatic rings. The number of rotatable bonds is 6. The highest BCUT2D eigenvalue weighted by Crippen LogP contribution is 2.38. The molecule has 27 heavy (non-hydrogen) atoms. The second-order valence-corrected chi connectivity index (χ2v) is 6.56. The third-order valence-corrected chi connectivity index (χ3v) is 4.99. The van der Waals surface area contributed by atoms with Crippen molar-refractivity contribution in [3.63, 3.8) is 0 Å². The van der Waals surface area contributed by atoms with Crippen LogP contribution < -0.4 is 14.2 Å². The molecule has 0 atom stereocenters. The number of hydrogen-bond acceptors (Lipinski definition) is 6. The zero-order valence-electron chi connectivity index (χ0n) is 16.1. The molecule has 2 saturated heterocycles. The fourth-order valence-corrected chi connectivity index (χ4v) is 3.51. The average molecular weight is 377 g/mol. The van der Waals surface area contributed by atoms with Gasteiger partial charge in [-0.25, -0.2) is 0 Å². The molecule has 0 spiro atoms. The number of nitrogens with zero attached hydrogens (tertiary/aromatic N) is 1. The number of hydrogen-bond donors (Lipinski definition) is 0. The van der Waals surface area contributed by atoms with Gasteiger partial charge < -0.3 is 28.6 Å². The van der Waals surface area contributed by atoms with E-state index in [9.17, 15) is 4.79 Å². The summed E-state index contributed by atoms with van der Waals surface area (Å²) < 4.78 is 27.2. The number of ether oxygens (including phenoxy) is 5. The van der Waals surface area contributed by atoms with Crippen LogP contribution in [0.2, 0.25) is 0 Å². The molecule has 2 fully saturated rings. The zero-order chi connectivity index (χ0) is 19.2. The number of carbonyl (C=O) groups is 1. The lowest BCUT2D eigenvalue weighted by atomic mass is 9.96. The Kier molecular flexibility index (Phi) is 6.58. The summed E-state index contributed by atoms with van der Waals surface area (Å²) in [6, 6.07) is 3.62. The van der Waals surface area contributed by atoms with Crippen molar-refractivity contribution in [3.05, 3.63) is 23.8 Å². The molecule has 3 rings (SSSR count). The first-order chi connectivity index (χ1) is 13.2. The van der Waals surface area contributed by atoms with Crippen molar-refractivity contribution in [2.45, 2.75) is 19.1 Å². The van der Waals surface area contributed by atoms with E-state index in [1.807, 2.05) is 17.0 Å². The minimum atomic E-state index is -0.1000. The van der Waals surface area contributed by atoms with Gasteiger partial charge in [0.1, 0.15) is 0 Å². The van der Waals surface area contributed by atoms with E-state index >= 15 is 0 Å². The van der Waals surface area contributed by atoms with E-state index in [1.54, 1.807) is 33.5 Å². The molecule has 0 radical (unpaired) electrons. The van der Waals surface area contributed by atoms with Gasteiger partial charge in [-0.15, -0.1) is 0 Å². The molecule has 0 saturated carbocycles. The van der Waals surface area contributed by atoms with Crippen LogP contribution in [0.3, 0.4) is 0 Å². The predicted molar refractivity (Wildman–Crippen MR) is 100 cm³/mol. The molecule has 0 unspecified atom stereocenters. The van der Waals surface area contributed by atoms with E-state index in [0.29, 0.717) is 49.5 Å². The monoisotopic (exact) mass is 377 g/mol. The Morgan fingerprint density at radius 1 is 1.04 bits per heavy atom. The lowest BCUT2D eigenvalue weighted by Crippen LogP contribution is -2.40. The molecule has 0 N–H and O–H groups in total.